The maximum atomic E-state index is 12.6. The van der Waals surface area contributed by atoms with Crippen LogP contribution in [0.2, 0.25) is 0 Å². The zero-order chi connectivity index (χ0) is 16.2. The molecular formula is C17H26N4O2. The van der Waals surface area contributed by atoms with Crippen molar-refractivity contribution in [3.05, 3.63) is 16.6 Å². The van der Waals surface area contributed by atoms with Gasteiger partial charge in [0.2, 0.25) is 5.91 Å². The van der Waals surface area contributed by atoms with Crippen LogP contribution in [0.5, 0.6) is 0 Å². The number of hydrogen-bond donors (Lipinski definition) is 1. The first-order valence-corrected chi connectivity index (χ1v) is 8.79. The van der Waals surface area contributed by atoms with Gasteiger partial charge in [0.05, 0.1) is 11.9 Å². The Kier molecular flexibility index (Phi) is 4.98. The molecule has 2 heterocycles. The monoisotopic (exact) mass is 318 g/mol. The molecule has 0 spiro atoms. The number of carbonyl (C=O) groups is 1. The van der Waals surface area contributed by atoms with Gasteiger partial charge in [0, 0.05) is 26.1 Å². The summed E-state index contributed by atoms with van der Waals surface area (Å²) in [6.45, 7) is 1.73. The summed E-state index contributed by atoms with van der Waals surface area (Å²) in [5.74, 6) is 0.111. The summed E-state index contributed by atoms with van der Waals surface area (Å²) in [6.07, 6.45) is 10.3. The molecular weight excluding hydrogens is 292 g/mol. The molecule has 0 atom stereocenters. The second-order valence-corrected chi connectivity index (χ2v) is 6.71. The van der Waals surface area contributed by atoms with Crippen molar-refractivity contribution in [2.75, 3.05) is 23.3 Å². The van der Waals surface area contributed by atoms with Crippen LogP contribution in [-0.2, 0) is 11.8 Å². The molecule has 1 amide bonds. The highest BCUT2D eigenvalue weighted by Crippen LogP contribution is 2.28. The minimum Gasteiger partial charge on any atom is -0.365 e. The summed E-state index contributed by atoms with van der Waals surface area (Å²) in [5.41, 5.74) is 1.05. The van der Waals surface area contributed by atoms with E-state index in [1.807, 2.05) is 0 Å². The van der Waals surface area contributed by atoms with Gasteiger partial charge >= 0.3 is 0 Å². The first-order chi connectivity index (χ1) is 11.2. The van der Waals surface area contributed by atoms with Crippen molar-refractivity contribution in [2.24, 2.45) is 13.0 Å². The van der Waals surface area contributed by atoms with Crippen molar-refractivity contribution >= 4 is 17.3 Å². The van der Waals surface area contributed by atoms with Crippen LogP contribution in [0.3, 0.4) is 0 Å². The summed E-state index contributed by atoms with van der Waals surface area (Å²) in [5, 5.41) is 7.08. The van der Waals surface area contributed by atoms with Crippen LogP contribution in [-0.4, -0.2) is 28.8 Å². The molecule has 0 bridgehead atoms. The van der Waals surface area contributed by atoms with Crippen LogP contribution in [0.4, 0.5) is 11.4 Å². The third-order valence-corrected chi connectivity index (χ3v) is 5.02. The van der Waals surface area contributed by atoms with Crippen molar-refractivity contribution in [1.82, 2.24) is 9.78 Å². The lowest BCUT2D eigenvalue weighted by Gasteiger charge is -2.30. The summed E-state index contributed by atoms with van der Waals surface area (Å²) in [6, 6.07) is 0. The van der Waals surface area contributed by atoms with Gasteiger partial charge < -0.3 is 10.2 Å². The largest absolute Gasteiger partial charge is 0.365 e. The molecule has 1 aliphatic heterocycles. The van der Waals surface area contributed by atoms with E-state index in [2.05, 4.69) is 15.3 Å². The molecule has 0 radical (unpaired) electrons. The van der Waals surface area contributed by atoms with Crippen LogP contribution in [0.1, 0.15) is 51.4 Å². The molecule has 1 N–H and O–H groups in total. The number of nitrogens with zero attached hydrogens (tertiary/aromatic N) is 3. The smallest absolute Gasteiger partial charge is 0.292 e. The Morgan fingerprint density at radius 3 is 2.48 bits per heavy atom. The molecule has 1 saturated heterocycles. The molecule has 3 rings (SSSR count). The third kappa shape index (κ3) is 3.57. The normalized spacial score (nSPS) is 19.6. The van der Waals surface area contributed by atoms with E-state index >= 15 is 0 Å². The predicted molar refractivity (Wildman–Crippen MR) is 90.7 cm³/mol. The minimum atomic E-state index is -0.131. The second-order valence-electron chi connectivity index (χ2n) is 6.71. The molecule has 2 fully saturated rings. The van der Waals surface area contributed by atoms with Gasteiger partial charge in [-0.15, -0.1) is 0 Å². The van der Waals surface area contributed by atoms with Gasteiger partial charge in [-0.1, -0.05) is 19.3 Å². The van der Waals surface area contributed by atoms with E-state index < -0.39 is 0 Å². The first-order valence-electron chi connectivity index (χ1n) is 8.79. The number of anilines is 2. The van der Waals surface area contributed by atoms with Crippen LogP contribution in [0.25, 0.3) is 0 Å². The van der Waals surface area contributed by atoms with Gasteiger partial charge in [0.15, 0.2) is 0 Å². The van der Waals surface area contributed by atoms with Gasteiger partial charge in [-0.25, -0.2) is 4.68 Å². The first kappa shape index (κ1) is 16.0. The Labute approximate surface area is 136 Å². The molecule has 1 aliphatic carbocycles. The van der Waals surface area contributed by atoms with Gasteiger partial charge in [0.1, 0.15) is 5.69 Å². The lowest BCUT2D eigenvalue weighted by atomic mass is 9.88. The molecule has 6 heteroatoms. The van der Waals surface area contributed by atoms with Crippen LogP contribution < -0.4 is 15.8 Å². The Balaban J connectivity index is 1.84. The average molecular weight is 318 g/mol. The molecule has 126 valence electrons. The zero-order valence-corrected chi connectivity index (χ0v) is 13.9. The van der Waals surface area contributed by atoms with E-state index in [-0.39, 0.29) is 17.4 Å². The average Bonchev–Trinajstić information content (AvgIpc) is 2.60. The molecule has 1 aromatic heterocycles. The van der Waals surface area contributed by atoms with Crippen LogP contribution >= 0.6 is 0 Å². The van der Waals surface area contributed by atoms with Crippen molar-refractivity contribution < 1.29 is 4.79 Å². The van der Waals surface area contributed by atoms with Crippen LogP contribution in [0.15, 0.2) is 11.0 Å². The number of piperidine rings is 1. The van der Waals surface area contributed by atoms with Crippen molar-refractivity contribution in [2.45, 2.75) is 51.4 Å². The Morgan fingerprint density at radius 1 is 1.13 bits per heavy atom. The molecule has 0 unspecified atom stereocenters. The second kappa shape index (κ2) is 7.15. The number of aromatic nitrogens is 2. The van der Waals surface area contributed by atoms with Gasteiger partial charge in [-0.3, -0.25) is 9.59 Å². The highest BCUT2D eigenvalue weighted by molar-refractivity contribution is 5.95. The van der Waals surface area contributed by atoms with Crippen molar-refractivity contribution in [3.63, 3.8) is 0 Å². The Bertz CT molecular complexity index is 614. The quantitative estimate of drug-likeness (QED) is 0.928. The highest BCUT2D eigenvalue weighted by Gasteiger charge is 2.25. The van der Waals surface area contributed by atoms with E-state index in [4.69, 9.17) is 0 Å². The fourth-order valence-electron chi connectivity index (χ4n) is 3.64. The maximum absolute atomic E-state index is 12.6. The van der Waals surface area contributed by atoms with E-state index in [0.29, 0.717) is 11.4 Å². The van der Waals surface area contributed by atoms with E-state index in [9.17, 15) is 9.59 Å². The SMILES string of the molecule is Cn1ncc(NC(=O)C2CCCCC2)c(N2CCCCC2)c1=O. The number of nitrogens with one attached hydrogen (secondary N) is 1. The maximum Gasteiger partial charge on any atom is 0.292 e. The number of carbonyl (C=O) groups excluding carboxylic acids is 1. The number of hydrogen-bond acceptors (Lipinski definition) is 4. The molecule has 2 aliphatic rings. The lowest BCUT2D eigenvalue weighted by molar-refractivity contribution is -0.120. The molecule has 1 aromatic rings. The standard InChI is InChI=1S/C17H26N4O2/c1-20-17(23)15(21-10-6-3-7-11-21)14(12-18-20)19-16(22)13-8-4-2-5-9-13/h12-13H,2-11H2,1H3,(H,19,22). The molecule has 23 heavy (non-hydrogen) atoms. The Hall–Kier alpha value is -1.85. The highest BCUT2D eigenvalue weighted by atomic mass is 16.2. The van der Waals surface area contributed by atoms with E-state index in [1.165, 1.54) is 17.5 Å². The fourth-order valence-corrected chi connectivity index (χ4v) is 3.64. The van der Waals surface area contributed by atoms with Crippen molar-refractivity contribution in [3.8, 4) is 0 Å². The number of aryl methyl sites for hydroxylation is 1. The predicted octanol–water partition coefficient (Wildman–Crippen LogP) is 2.29. The summed E-state index contributed by atoms with van der Waals surface area (Å²) < 4.78 is 1.35. The summed E-state index contributed by atoms with van der Waals surface area (Å²) >= 11 is 0. The van der Waals surface area contributed by atoms with Gasteiger partial charge in [-0.05, 0) is 32.1 Å². The minimum absolute atomic E-state index is 0.0398. The summed E-state index contributed by atoms with van der Waals surface area (Å²) in [7, 11) is 1.66. The molecule has 0 aromatic carbocycles. The fraction of sp³-hybridized carbons (Fsp3) is 0.706. The van der Waals surface area contributed by atoms with Crippen molar-refractivity contribution in [1.29, 1.82) is 0 Å². The molecule has 6 nitrogen and oxygen atoms in total. The van der Waals surface area contributed by atoms with Gasteiger partial charge in [0.25, 0.3) is 5.56 Å². The topological polar surface area (TPSA) is 67.2 Å². The third-order valence-electron chi connectivity index (χ3n) is 5.02. The number of rotatable bonds is 3. The van der Waals surface area contributed by atoms with Crippen LogP contribution in [0, 0.1) is 5.92 Å². The van der Waals surface area contributed by atoms with E-state index in [1.54, 1.807) is 13.2 Å². The lowest BCUT2D eigenvalue weighted by Crippen LogP contribution is -2.37. The van der Waals surface area contributed by atoms with E-state index in [0.717, 1.165) is 51.6 Å². The molecule has 1 saturated carbocycles. The zero-order valence-electron chi connectivity index (χ0n) is 13.9. The van der Waals surface area contributed by atoms with Gasteiger partial charge in [-0.2, -0.15) is 5.10 Å². The number of amides is 1. The summed E-state index contributed by atoms with van der Waals surface area (Å²) in [4.78, 5) is 27.2. The Morgan fingerprint density at radius 2 is 1.78 bits per heavy atom.